The van der Waals surface area contributed by atoms with Crippen LogP contribution in [0, 0.1) is 11.6 Å². The van der Waals surface area contributed by atoms with Crippen LogP contribution in [0.1, 0.15) is 59.3 Å². The number of hydrogen-bond acceptors (Lipinski definition) is 0. The Balaban J connectivity index is 3.15. The summed E-state index contributed by atoms with van der Waals surface area (Å²) >= 11 is -2.73. The summed E-state index contributed by atoms with van der Waals surface area (Å²) in [5.41, 5.74) is 0. The Bertz CT molecular complexity index is 396. The molecule has 0 saturated heterocycles. The van der Waals surface area contributed by atoms with E-state index >= 15 is 0 Å². The Morgan fingerprint density at radius 1 is 0.810 bits per heavy atom. The van der Waals surface area contributed by atoms with Crippen LogP contribution in [0.5, 0.6) is 0 Å². The molecule has 21 heavy (non-hydrogen) atoms. The van der Waals surface area contributed by atoms with Gasteiger partial charge in [-0.25, -0.2) is 0 Å². The monoisotopic (exact) mass is 404 g/mol. The first kappa shape index (κ1) is 18.9. The third-order valence-electron chi connectivity index (χ3n) is 4.53. The zero-order chi connectivity index (χ0) is 15.7. The molecule has 0 spiro atoms. The molecule has 1 rings (SSSR count). The Hall–Kier alpha value is -0.121. The van der Waals surface area contributed by atoms with Crippen LogP contribution in [0.3, 0.4) is 0 Å². The van der Waals surface area contributed by atoms with E-state index in [0.29, 0.717) is 0 Å². The van der Waals surface area contributed by atoms with E-state index in [1.165, 1.54) is 57.9 Å². The standard InChI is InChI=1S/C6H3F2.3C4H9.Sn/c7-5-2-1-3-6(8)4-5;3*1-3-4-2;/h1-2,4H;3*1,3-4H2,2H3;. The van der Waals surface area contributed by atoms with Crippen molar-refractivity contribution in [3.05, 3.63) is 29.8 Å². The van der Waals surface area contributed by atoms with Crippen molar-refractivity contribution in [1.29, 1.82) is 0 Å². The molecule has 1 aromatic carbocycles. The van der Waals surface area contributed by atoms with Gasteiger partial charge in [-0.15, -0.1) is 0 Å². The summed E-state index contributed by atoms with van der Waals surface area (Å²) in [6, 6.07) is 4.35. The van der Waals surface area contributed by atoms with Crippen LogP contribution in [0.15, 0.2) is 18.2 Å². The molecule has 0 atom stereocenters. The van der Waals surface area contributed by atoms with Gasteiger partial charge in [-0.05, 0) is 0 Å². The van der Waals surface area contributed by atoms with Gasteiger partial charge in [-0.3, -0.25) is 0 Å². The molecule has 0 fully saturated rings. The number of benzene rings is 1. The predicted molar refractivity (Wildman–Crippen MR) is 90.9 cm³/mol. The minimum atomic E-state index is -2.73. The molecule has 0 N–H and O–H groups in total. The molecular weight excluding hydrogens is 373 g/mol. The third-order valence-corrected chi connectivity index (χ3v) is 20.2. The van der Waals surface area contributed by atoms with Gasteiger partial charge in [-0.1, -0.05) is 0 Å². The number of unbranched alkanes of at least 4 members (excludes halogenated alkanes) is 3. The third kappa shape index (κ3) is 5.54. The summed E-state index contributed by atoms with van der Waals surface area (Å²) in [4.78, 5) is 0. The van der Waals surface area contributed by atoms with Gasteiger partial charge in [0.15, 0.2) is 0 Å². The average Bonchev–Trinajstić information content (AvgIpc) is 2.47. The molecule has 120 valence electrons. The fourth-order valence-electron chi connectivity index (χ4n) is 3.24. The topological polar surface area (TPSA) is 0 Å². The van der Waals surface area contributed by atoms with Gasteiger partial charge in [0.2, 0.25) is 0 Å². The van der Waals surface area contributed by atoms with E-state index in [1.807, 2.05) is 0 Å². The van der Waals surface area contributed by atoms with Crippen LogP contribution in [0.4, 0.5) is 8.78 Å². The van der Waals surface area contributed by atoms with Crippen molar-refractivity contribution in [3.8, 4) is 0 Å². The summed E-state index contributed by atoms with van der Waals surface area (Å²) < 4.78 is 32.3. The van der Waals surface area contributed by atoms with Gasteiger partial charge < -0.3 is 0 Å². The quantitative estimate of drug-likeness (QED) is 0.419. The van der Waals surface area contributed by atoms with Gasteiger partial charge in [0.1, 0.15) is 0 Å². The fraction of sp³-hybridized carbons (Fsp3) is 0.667. The van der Waals surface area contributed by atoms with Gasteiger partial charge >= 0.3 is 133 Å². The molecule has 0 radical (unpaired) electrons. The Labute approximate surface area is 133 Å². The predicted octanol–water partition coefficient (Wildman–Crippen LogP) is 6.02. The summed E-state index contributed by atoms with van der Waals surface area (Å²) in [7, 11) is 0. The number of hydrogen-bond donors (Lipinski definition) is 0. The van der Waals surface area contributed by atoms with Gasteiger partial charge in [0, 0.05) is 0 Å². The van der Waals surface area contributed by atoms with E-state index < -0.39 is 24.2 Å². The van der Waals surface area contributed by atoms with Crippen LogP contribution < -0.4 is 3.58 Å². The summed E-state index contributed by atoms with van der Waals surface area (Å²) in [6.45, 7) is 6.62. The minimum absolute atomic E-state index is 0.269. The molecule has 1 aromatic rings. The van der Waals surface area contributed by atoms with Crippen molar-refractivity contribution in [2.45, 2.75) is 72.6 Å². The molecule has 0 aliphatic heterocycles. The summed E-state index contributed by atoms with van der Waals surface area (Å²) in [6.07, 6.45) is 7.08. The van der Waals surface area contributed by atoms with E-state index in [2.05, 4.69) is 20.8 Å². The maximum absolute atomic E-state index is 14.4. The van der Waals surface area contributed by atoms with Crippen molar-refractivity contribution < 1.29 is 8.78 Å². The second-order valence-electron chi connectivity index (χ2n) is 6.22. The van der Waals surface area contributed by atoms with Crippen LogP contribution in [0.2, 0.25) is 13.3 Å². The first-order chi connectivity index (χ1) is 10.1. The van der Waals surface area contributed by atoms with E-state index in [4.69, 9.17) is 0 Å². The summed E-state index contributed by atoms with van der Waals surface area (Å²) in [5, 5.41) is 0. The second kappa shape index (κ2) is 9.81. The van der Waals surface area contributed by atoms with E-state index in [0.717, 1.165) is 9.65 Å². The molecular formula is C18H30F2Sn. The van der Waals surface area contributed by atoms with Crippen LogP contribution in [-0.4, -0.2) is 18.4 Å². The van der Waals surface area contributed by atoms with E-state index in [9.17, 15) is 8.78 Å². The van der Waals surface area contributed by atoms with Crippen molar-refractivity contribution in [1.82, 2.24) is 0 Å². The Morgan fingerprint density at radius 2 is 1.29 bits per heavy atom. The molecule has 0 nitrogen and oxygen atoms in total. The van der Waals surface area contributed by atoms with Gasteiger partial charge in [0.05, 0.1) is 0 Å². The molecule has 0 aliphatic carbocycles. The zero-order valence-corrected chi connectivity index (χ0v) is 16.7. The van der Waals surface area contributed by atoms with Gasteiger partial charge in [0.25, 0.3) is 0 Å². The van der Waals surface area contributed by atoms with Crippen LogP contribution in [0.25, 0.3) is 0 Å². The van der Waals surface area contributed by atoms with Crippen molar-refractivity contribution in [2.24, 2.45) is 0 Å². The zero-order valence-electron chi connectivity index (χ0n) is 13.9. The molecule has 0 aliphatic rings. The van der Waals surface area contributed by atoms with E-state index in [1.54, 1.807) is 6.07 Å². The van der Waals surface area contributed by atoms with Gasteiger partial charge in [-0.2, -0.15) is 0 Å². The van der Waals surface area contributed by atoms with Crippen LogP contribution >= 0.6 is 0 Å². The first-order valence-electron chi connectivity index (χ1n) is 8.55. The molecule has 0 aromatic heterocycles. The number of halogens is 2. The molecule has 0 heterocycles. The second-order valence-corrected chi connectivity index (χ2v) is 19.3. The molecule has 0 amide bonds. The fourth-order valence-corrected chi connectivity index (χ4v) is 19.4. The maximum atomic E-state index is 14.4. The molecule has 0 unspecified atom stereocenters. The average molecular weight is 403 g/mol. The van der Waals surface area contributed by atoms with E-state index in [-0.39, 0.29) is 5.82 Å². The van der Waals surface area contributed by atoms with Crippen molar-refractivity contribution in [2.75, 3.05) is 0 Å². The normalized spacial score (nSPS) is 11.9. The molecule has 0 saturated carbocycles. The molecule has 0 bridgehead atoms. The molecule has 3 heteroatoms. The Morgan fingerprint density at radius 3 is 1.67 bits per heavy atom. The first-order valence-corrected chi connectivity index (χ1v) is 16.0. The number of rotatable bonds is 10. The van der Waals surface area contributed by atoms with Crippen LogP contribution in [-0.2, 0) is 0 Å². The van der Waals surface area contributed by atoms with Crippen molar-refractivity contribution in [3.63, 3.8) is 0 Å². The van der Waals surface area contributed by atoms with Crippen molar-refractivity contribution >= 4 is 22.0 Å². The summed E-state index contributed by atoms with van der Waals surface area (Å²) in [5.74, 6) is -0.716. The SMILES string of the molecule is CCC[CH2][Sn]([CH2]CCC)([CH2]CCC)[c]1ccc(F)cc1F. The Kier molecular flexibility index (Phi) is 8.84.